The Morgan fingerprint density at radius 2 is 1.85 bits per heavy atom. The van der Waals surface area contributed by atoms with E-state index in [1.807, 2.05) is 0 Å². The number of hydrogen-bond donors (Lipinski definition) is 2. The first kappa shape index (κ1) is 15.5. The molecule has 0 bridgehead atoms. The van der Waals surface area contributed by atoms with Gasteiger partial charge in [-0.15, -0.1) is 0 Å². The minimum absolute atomic E-state index is 0.237. The predicted octanol–water partition coefficient (Wildman–Crippen LogP) is 2.26. The van der Waals surface area contributed by atoms with Crippen molar-refractivity contribution in [1.82, 2.24) is 10.2 Å². The molecule has 2 N–H and O–H groups in total. The molecule has 0 unspecified atom stereocenters. The number of hydrogen-bond acceptors (Lipinski definition) is 3. The molecule has 1 atom stereocenters. The maximum atomic E-state index is 9.40. The zero-order valence-electron chi connectivity index (χ0n) is 12.8. The Bertz CT molecular complexity index is 372. The molecule has 3 heteroatoms. The SMILES string of the molecule is CC(C)[C@@H](CO)NC1CCN(Cc2ccccc2)CC1. The molecular formula is C17H28N2O. The Morgan fingerprint density at radius 3 is 2.40 bits per heavy atom. The third-order valence-corrected chi connectivity index (χ3v) is 4.29. The van der Waals surface area contributed by atoms with Gasteiger partial charge in [0.2, 0.25) is 0 Å². The zero-order chi connectivity index (χ0) is 14.4. The van der Waals surface area contributed by atoms with Gasteiger partial charge in [0.1, 0.15) is 0 Å². The highest BCUT2D eigenvalue weighted by atomic mass is 16.3. The van der Waals surface area contributed by atoms with Crippen LogP contribution in [0.4, 0.5) is 0 Å². The van der Waals surface area contributed by atoms with Crippen molar-refractivity contribution in [3.05, 3.63) is 35.9 Å². The summed E-state index contributed by atoms with van der Waals surface area (Å²) in [5, 5.41) is 13.0. The van der Waals surface area contributed by atoms with Gasteiger partial charge in [-0.1, -0.05) is 44.2 Å². The van der Waals surface area contributed by atoms with Crippen molar-refractivity contribution in [2.24, 2.45) is 5.92 Å². The van der Waals surface area contributed by atoms with Crippen LogP contribution in [-0.2, 0) is 6.54 Å². The van der Waals surface area contributed by atoms with E-state index in [1.54, 1.807) is 0 Å². The van der Waals surface area contributed by atoms with Crippen LogP contribution in [0, 0.1) is 5.92 Å². The van der Waals surface area contributed by atoms with Gasteiger partial charge in [-0.25, -0.2) is 0 Å². The van der Waals surface area contributed by atoms with Gasteiger partial charge >= 0.3 is 0 Å². The summed E-state index contributed by atoms with van der Waals surface area (Å²) in [4.78, 5) is 2.52. The summed E-state index contributed by atoms with van der Waals surface area (Å²) in [5.74, 6) is 0.488. The summed E-state index contributed by atoms with van der Waals surface area (Å²) in [6.45, 7) is 7.91. The van der Waals surface area contributed by atoms with E-state index in [1.165, 1.54) is 18.4 Å². The third-order valence-electron chi connectivity index (χ3n) is 4.29. The molecule has 1 saturated heterocycles. The third kappa shape index (κ3) is 4.58. The Hall–Kier alpha value is -0.900. The molecule has 1 heterocycles. The number of nitrogens with one attached hydrogen (secondary N) is 1. The molecule has 0 spiro atoms. The molecule has 20 heavy (non-hydrogen) atoms. The van der Waals surface area contributed by atoms with Crippen LogP contribution in [0.1, 0.15) is 32.3 Å². The van der Waals surface area contributed by atoms with Crippen LogP contribution in [-0.4, -0.2) is 41.8 Å². The van der Waals surface area contributed by atoms with Crippen LogP contribution in [0.25, 0.3) is 0 Å². The summed E-state index contributed by atoms with van der Waals surface area (Å²) in [5.41, 5.74) is 1.40. The fraction of sp³-hybridized carbons (Fsp3) is 0.647. The maximum Gasteiger partial charge on any atom is 0.0587 e. The number of aliphatic hydroxyl groups excluding tert-OH is 1. The first-order valence-electron chi connectivity index (χ1n) is 7.82. The van der Waals surface area contributed by atoms with Gasteiger partial charge < -0.3 is 10.4 Å². The molecule has 2 rings (SSSR count). The van der Waals surface area contributed by atoms with E-state index in [2.05, 4.69) is 54.4 Å². The van der Waals surface area contributed by atoms with E-state index in [9.17, 15) is 5.11 Å². The lowest BCUT2D eigenvalue weighted by molar-refractivity contribution is 0.152. The number of likely N-dealkylation sites (tertiary alicyclic amines) is 1. The number of nitrogens with zero attached hydrogens (tertiary/aromatic N) is 1. The Morgan fingerprint density at radius 1 is 1.20 bits per heavy atom. The van der Waals surface area contributed by atoms with E-state index in [-0.39, 0.29) is 12.6 Å². The Labute approximate surface area is 123 Å². The minimum Gasteiger partial charge on any atom is -0.395 e. The standard InChI is InChI=1S/C17H28N2O/c1-14(2)17(13-20)18-16-8-10-19(11-9-16)12-15-6-4-3-5-7-15/h3-7,14,16-18,20H,8-13H2,1-2H3/t17-/m1/s1. The van der Waals surface area contributed by atoms with Crippen LogP contribution < -0.4 is 5.32 Å². The monoisotopic (exact) mass is 276 g/mol. The summed E-state index contributed by atoms with van der Waals surface area (Å²) in [6.07, 6.45) is 2.35. The summed E-state index contributed by atoms with van der Waals surface area (Å²) >= 11 is 0. The van der Waals surface area contributed by atoms with Gasteiger partial charge in [-0.3, -0.25) is 4.90 Å². The Kier molecular flexibility index (Phi) is 6.02. The van der Waals surface area contributed by atoms with Crippen LogP contribution in [0.3, 0.4) is 0 Å². The largest absolute Gasteiger partial charge is 0.395 e. The fourth-order valence-electron chi connectivity index (χ4n) is 2.86. The minimum atomic E-state index is 0.237. The van der Waals surface area contributed by atoms with Gasteiger partial charge in [0.15, 0.2) is 0 Å². The van der Waals surface area contributed by atoms with Crippen molar-refractivity contribution >= 4 is 0 Å². The van der Waals surface area contributed by atoms with Gasteiger partial charge in [0, 0.05) is 18.6 Å². The highest BCUT2D eigenvalue weighted by molar-refractivity contribution is 5.14. The molecule has 0 aliphatic carbocycles. The van der Waals surface area contributed by atoms with E-state index in [0.717, 1.165) is 19.6 Å². The molecule has 1 aliphatic heterocycles. The van der Waals surface area contributed by atoms with Crippen molar-refractivity contribution in [1.29, 1.82) is 0 Å². The summed E-state index contributed by atoms with van der Waals surface area (Å²) in [7, 11) is 0. The molecule has 0 saturated carbocycles. The number of rotatable bonds is 6. The maximum absolute atomic E-state index is 9.40. The molecule has 3 nitrogen and oxygen atoms in total. The highest BCUT2D eigenvalue weighted by Crippen LogP contribution is 2.15. The van der Waals surface area contributed by atoms with Gasteiger partial charge in [0.25, 0.3) is 0 Å². The lowest BCUT2D eigenvalue weighted by atomic mass is 9.99. The van der Waals surface area contributed by atoms with E-state index < -0.39 is 0 Å². The van der Waals surface area contributed by atoms with E-state index in [0.29, 0.717) is 12.0 Å². The molecule has 1 fully saturated rings. The summed E-state index contributed by atoms with van der Waals surface area (Å²) in [6, 6.07) is 11.5. The van der Waals surface area contributed by atoms with Crippen molar-refractivity contribution in [3.8, 4) is 0 Å². The van der Waals surface area contributed by atoms with Crippen molar-refractivity contribution in [3.63, 3.8) is 0 Å². The molecule has 0 radical (unpaired) electrons. The normalized spacial score (nSPS) is 19.4. The first-order valence-corrected chi connectivity index (χ1v) is 7.82. The topological polar surface area (TPSA) is 35.5 Å². The number of piperidine rings is 1. The van der Waals surface area contributed by atoms with E-state index in [4.69, 9.17) is 0 Å². The van der Waals surface area contributed by atoms with E-state index >= 15 is 0 Å². The second kappa shape index (κ2) is 7.77. The van der Waals surface area contributed by atoms with Gasteiger partial charge in [-0.2, -0.15) is 0 Å². The second-order valence-corrected chi connectivity index (χ2v) is 6.24. The van der Waals surface area contributed by atoms with Crippen molar-refractivity contribution in [2.45, 2.75) is 45.3 Å². The smallest absolute Gasteiger partial charge is 0.0587 e. The lowest BCUT2D eigenvalue weighted by Gasteiger charge is -2.35. The predicted molar refractivity (Wildman–Crippen MR) is 83.6 cm³/mol. The molecule has 0 amide bonds. The van der Waals surface area contributed by atoms with Crippen LogP contribution in [0.15, 0.2) is 30.3 Å². The zero-order valence-corrected chi connectivity index (χ0v) is 12.8. The Balaban J connectivity index is 1.75. The van der Waals surface area contributed by atoms with Gasteiger partial charge in [0.05, 0.1) is 6.61 Å². The van der Waals surface area contributed by atoms with Gasteiger partial charge in [-0.05, 0) is 37.4 Å². The second-order valence-electron chi connectivity index (χ2n) is 6.24. The molecule has 1 aromatic carbocycles. The van der Waals surface area contributed by atoms with Crippen LogP contribution >= 0.6 is 0 Å². The van der Waals surface area contributed by atoms with Crippen molar-refractivity contribution in [2.75, 3.05) is 19.7 Å². The molecule has 1 aliphatic rings. The number of aliphatic hydroxyl groups is 1. The van der Waals surface area contributed by atoms with Crippen LogP contribution in [0.2, 0.25) is 0 Å². The van der Waals surface area contributed by atoms with Crippen molar-refractivity contribution < 1.29 is 5.11 Å². The molecule has 1 aromatic rings. The van der Waals surface area contributed by atoms with Crippen LogP contribution in [0.5, 0.6) is 0 Å². The molecule has 112 valence electrons. The average Bonchev–Trinajstić information content (AvgIpc) is 2.47. The summed E-state index contributed by atoms with van der Waals surface area (Å²) < 4.78 is 0. The quantitative estimate of drug-likeness (QED) is 0.836. The lowest BCUT2D eigenvalue weighted by Crippen LogP contribution is -2.48. The highest BCUT2D eigenvalue weighted by Gasteiger charge is 2.22. The fourth-order valence-corrected chi connectivity index (χ4v) is 2.86. The number of benzene rings is 1. The molecular weight excluding hydrogens is 248 g/mol. The first-order chi connectivity index (χ1) is 9.69. The average molecular weight is 276 g/mol. The molecule has 0 aromatic heterocycles.